The molecule has 0 radical (unpaired) electrons. The molecule has 4 nitrogen and oxygen atoms in total. The number of thiophene rings is 1. The molecule has 0 aromatic carbocycles. The average Bonchev–Trinajstić information content (AvgIpc) is 2.70. The second-order valence-electron chi connectivity index (χ2n) is 5.94. The molecule has 1 aromatic rings. The van der Waals surface area contributed by atoms with E-state index < -0.39 is 11.6 Å². The number of carbonyl (C=O) groups excluding carboxylic acids is 2. The molecule has 2 amide bonds. The van der Waals surface area contributed by atoms with Crippen LogP contribution in [-0.4, -0.2) is 28.3 Å². The summed E-state index contributed by atoms with van der Waals surface area (Å²) in [6.45, 7) is 7.91. The van der Waals surface area contributed by atoms with Gasteiger partial charge in [-0.1, -0.05) is 13.8 Å². The number of piperazine rings is 1. The first-order chi connectivity index (χ1) is 9.22. The first-order valence-corrected chi connectivity index (χ1v) is 8.20. The monoisotopic (exact) mass is 358 g/mol. The molecule has 0 aliphatic carbocycles. The molecule has 110 valence electrons. The van der Waals surface area contributed by atoms with Crippen LogP contribution in [-0.2, 0) is 16.1 Å². The third-order valence-corrected chi connectivity index (χ3v) is 5.03. The van der Waals surface area contributed by atoms with Crippen LogP contribution in [0.15, 0.2) is 15.9 Å². The van der Waals surface area contributed by atoms with Gasteiger partial charge in [-0.15, -0.1) is 11.3 Å². The highest BCUT2D eigenvalue weighted by Gasteiger charge is 2.46. The largest absolute Gasteiger partial charge is 0.340 e. The van der Waals surface area contributed by atoms with E-state index in [4.69, 9.17) is 0 Å². The molecule has 6 heteroatoms. The maximum atomic E-state index is 12.6. The van der Waals surface area contributed by atoms with Crippen molar-refractivity contribution in [3.63, 3.8) is 0 Å². The molecule has 0 spiro atoms. The lowest BCUT2D eigenvalue weighted by atomic mass is 9.91. The van der Waals surface area contributed by atoms with E-state index in [1.54, 1.807) is 30.1 Å². The van der Waals surface area contributed by atoms with Crippen LogP contribution in [0.5, 0.6) is 0 Å². The summed E-state index contributed by atoms with van der Waals surface area (Å²) in [5.41, 5.74) is -0.836. The predicted molar refractivity (Wildman–Crippen MR) is 83.4 cm³/mol. The Morgan fingerprint density at radius 2 is 2.05 bits per heavy atom. The van der Waals surface area contributed by atoms with E-state index in [0.29, 0.717) is 6.54 Å². The molecule has 2 rings (SSSR count). The Labute approximate surface area is 131 Å². The van der Waals surface area contributed by atoms with Gasteiger partial charge in [-0.05, 0) is 47.8 Å². The van der Waals surface area contributed by atoms with Crippen LogP contribution in [0.25, 0.3) is 0 Å². The van der Waals surface area contributed by atoms with E-state index in [1.807, 2.05) is 26.0 Å². The fraction of sp³-hybridized carbons (Fsp3) is 0.571. The third kappa shape index (κ3) is 2.91. The molecule has 1 aliphatic heterocycles. The molecule has 0 saturated carbocycles. The van der Waals surface area contributed by atoms with E-state index >= 15 is 0 Å². The summed E-state index contributed by atoms with van der Waals surface area (Å²) in [5, 5.41) is 2.82. The van der Waals surface area contributed by atoms with Gasteiger partial charge in [0.25, 0.3) is 0 Å². The number of amides is 2. The molecular weight excluding hydrogens is 340 g/mol. The molecule has 0 bridgehead atoms. The third-order valence-electron chi connectivity index (χ3n) is 3.42. The van der Waals surface area contributed by atoms with Crippen molar-refractivity contribution in [2.75, 3.05) is 0 Å². The van der Waals surface area contributed by atoms with Gasteiger partial charge in [-0.2, -0.15) is 0 Å². The van der Waals surface area contributed by atoms with Crippen LogP contribution in [0, 0.1) is 5.92 Å². The molecule has 1 fully saturated rings. The van der Waals surface area contributed by atoms with Crippen molar-refractivity contribution >= 4 is 39.1 Å². The zero-order valence-corrected chi connectivity index (χ0v) is 14.5. The van der Waals surface area contributed by atoms with Crippen molar-refractivity contribution in [1.29, 1.82) is 0 Å². The number of halogens is 1. The smallest absolute Gasteiger partial charge is 0.248 e. The van der Waals surface area contributed by atoms with Crippen molar-refractivity contribution in [3.8, 4) is 0 Å². The van der Waals surface area contributed by atoms with Gasteiger partial charge in [0.05, 0.1) is 10.3 Å². The minimum atomic E-state index is -0.836. The molecule has 1 aliphatic rings. The summed E-state index contributed by atoms with van der Waals surface area (Å²) < 4.78 is 1.03. The number of carbonyl (C=O) groups is 2. The molecule has 1 saturated heterocycles. The maximum absolute atomic E-state index is 12.6. The predicted octanol–water partition coefficient (Wildman–Crippen LogP) is 2.77. The first kappa shape index (κ1) is 15.5. The lowest BCUT2D eigenvalue weighted by molar-refractivity contribution is -0.156. The van der Waals surface area contributed by atoms with Crippen LogP contribution in [0.4, 0.5) is 0 Å². The van der Waals surface area contributed by atoms with Gasteiger partial charge >= 0.3 is 0 Å². The second kappa shape index (κ2) is 5.48. The number of hydrogen-bond donors (Lipinski definition) is 1. The van der Waals surface area contributed by atoms with E-state index in [0.717, 1.165) is 8.66 Å². The highest BCUT2D eigenvalue weighted by molar-refractivity contribution is 9.11. The van der Waals surface area contributed by atoms with Gasteiger partial charge in [0.15, 0.2) is 0 Å². The van der Waals surface area contributed by atoms with Crippen molar-refractivity contribution < 1.29 is 9.59 Å². The van der Waals surface area contributed by atoms with Crippen LogP contribution >= 0.6 is 27.3 Å². The molecule has 1 aromatic heterocycles. The minimum Gasteiger partial charge on any atom is -0.340 e. The highest BCUT2D eigenvalue weighted by Crippen LogP contribution is 2.28. The van der Waals surface area contributed by atoms with Crippen LogP contribution in [0.1, 0.15) is 32.6 Å². The van der Waals surface area contributed by atoms with Crippen LogP contribution in [0.3, 0.4) is 0 Å². The van der Waals surface area contributed by atoms with E-state index in [1.165, 1.54) is 0 Å². The van der Waals surface area contributed by atoms with Crippen molar-refractivity contribution in [1.82, 2.24) is 10.2 Å². The second-order valence-corrected chi connectivity index (χ2v) is 8.49. The Bertz CT molecular complexity index is 539. The average molecular weight is 359 g/mol. The summed E-state index contributed by atoms with van der Waals surface area (Å²) in [7, 11) is 0. The Morgan fingerprint density at radius 3 is 2.55 bits per heavy atom. The van der Waals surface area contributed by atoms with Crippen LogP contribution in [0.2, 0.25) is 0 Å². The highest BCUT2D eigenvalue weighted by atomic mass is 79.9. The molecule has 1 N–H and O–H groups in total. The molecular formula is C14H19BrN2O2S. The number of nitrogens with zero attached hydrogens (tertiary/aromatic N) is 1. The molecule has 2 heterocycles. The van der Waals surface area contributed by atoms with Crippen molar-refractivity contribution in [2.24, 2.45) is 5.92 Å². The zero-order chi connectivity index (χ0) is 15.1. The minimum absolute atomic E-state index is 0.0275. The van der Waals surface area contributed by atoms with Gasteiger partial charge in [-0.25, -0.2) is 0 Å². The quantitative estimate of drug-likeness (QED) is 0.902. The Morgan fingerprint density at radius 1 is 1.40 bits per heavy atom. The lowest BCUT2D eigenvalue weighted by Gasteiger charge is -2.44. The normalized spacial score (nSPS) is 22.3. The maximum Gasteiger partial charge on any atom is 0.248 e. The van der Waals surface area contributed by atoms with Crippen molar-refractivity contribution in [3.05, 3.63) is 20.8 Å². The Hall–Kier alpha value is -0.880. The molecule has 1 atom stereocenters. The van der Waals surface area contributed by atoms with Crippen molar-refractivity contribution in [2.45, 2.75) is 45.8 Å². The Balaban J connectivity index is 2.32. The van der Waals surface area contributed by atoms with Crippen LogP contribution < -0.4 is 5.32 Å². The summed E-state index contributed by atoms with van der Waals surface area (Å²) in [6.07, 6.45) is 0. The fourth-order valence-electron chi connectivity index (χ4n) is 2.50. The fourth-order valence-corrected chi connectivity index (χ4v) is 3.98. The van der Waals surface area contributed by atoms with E-state index in [9.17, 15) is 9.59 Å². The Kier molecular flexibility index (Phi) is 4.25. The first-order valence-electron chi connectivity index (χ1n) is 6.59. The number of nitrogens with one attached hydrogen (secondary N) is 1. The zero-order valence-electron chi connectivity index (χ0n) is 12.1. The topological polar surface area (TPSA) is 49.4 Å². The number of rotatable bonds is 3. The summed E-state index contributed by atoms with van der Waals surface area (Å²) in [6, 6.07) is 3.54. The lowest BCUT2D eigenvalue weighted by Crippen LogP contribution is -2.68. The number of hydrogen-bond acceptors (Lipinski definition) is 3. The molecule has 1 unspecified atom stereocenters. The van der Waals surface area contributed by atoms with Gasteiger partial charge in [-0.3, -0.25) is 9.59 Å². The van der Waals surface area contributed by atoms with Gasteiger partial charge in [0.2, 0.25) is 11.8 Å². The van der Waals surface area contributed by atoms with E-state index in [2.05, 4.69) is 21.2 Å². The van der Waals surface area contributed by atoms with Gasteiger partial charge in [0.1, 0.15) is 11.6 Å². The van der Waals surface area contributed by atoms with Gasteiger partial charge < -0.3 is 10.2 Å². The summed E-state index contributed by atoms with van der Waals surface area (Å²) in [5.74, 6) is -0.0148. The summed E-state index contributed by atoms with van der Waals surface area (Å²) in [4.78, 5) is 27.7. The summed E-state index contributed by atoms with van der Waals surface area (Å²) >= 11 is 5.02. The van der Waals surface area contributed by atoms with E-state index in [-0.39, 0.29) is 17.7 Å². The molecule has 20 heavy (non-hydrogen) atoms. The van der Waals surface area contributed by atoms with Gasteiger partial charge in [0, 0.05) is 4.88 Å². The SMILES string of the molecule is CC(C)C1C(=O)NC(C)(C)C(=O)N1Cc1ccc(Br)s1. The standard InChI is InChI=1S/C14H19BrN2O2S/c1-8(2)11-12(18)16-14(3,4)13(19)17(11)7-9-5-6-10(15)20-9/h5-6,8,11H,7H2,1-4H3,(H,16,18).